The summed E-state index contributed by atoms with van der Waals surface area (Å²) in [6.45, 7) is 5.28. The Balaban J connectivity index is 2.23. The third-order valence-corrected chi connectivity index (χ3v) is 2.93. The van der Waals surface area contributed by atoms with Crippen LogP contribution in [0.5, 0.6) is 0 Å². The molecule has 1 atom stereocenters. The van der Waals surface area contributed by atoms with Crippen LogP contribution in [-0.2, 0) is 9.59 Å². The molecule has 1 heterocycles. The molecule has 0 saturated carbocycles. The molecule has 0 saturated heterocycles. The van der Waals surface area contributed by atoms with Crippen LogP contribution in [0.1, 0.15) is 32.6 Å². The Morgan fingerprint density at radius 1 is 1.30 bits per heavy atom. The number of benzene rings is 1. The SMILES string of the molecule is CC(C(=O)O)C(=O)Nc1ccc2oc(C(C)C)nc2c1. The van der Waals surface area contributed by atoms with Crippen LogP contribution < -0.4 is 5.32 Å². The Labute approximate surface area is 115 Å². The highest BCUT2D eigenvalue weighted by Crippen LogP contribution is 2.23. The molecule has 0 fully saturated rings. The molecule has 0 aliphatic rings. The molecule has 1 aromatic heterocycles. The number of amides is 1. The number of nitrogens with one attached hydrogen (secondary N) is 1. The number of carboxylic acids is 1. The highest BCUT2D eigenvalue weighted by Gasteiger charge is 2.20. The van der Waals surface area contributed by atoms with E-state index in [1.807, 2.05) is 13.8 Å². The van der Waals surface area contributed by atoms with Crippen molar-refractivity contribution < 1.29 is 19.1 Å². The molecule has 0 radical (unpaired) electrons. The van der Waals surface area contributed by atoms with Gasteiger partial charge in [-0.05, 0) is 25.1 Å². The van der Waals surface area contributed by atoms with Crippen LogP contribution in [0.25, 0.3) is 11.1 Å². The van der Waals surface area contributed by atoms with Gasteiger partial charge in [0.25, 0.3) is 0 Å². The second kappa shape index (κ2) is 5.32. The van der Waals surface area contributed by atoms with Crippen molar-refractivity contribution in [1.82, 2.24) is 4.98 Å². The number of fused-ring (bicyclic) bond motifs is 1. The maximum atomic E-state index is 11.7. The van der Waals surface area contributed by atoms with E-state index in [1.54, 1.807) is 18.2 Å². The lowest BCUT2D eigenvalue weighted by Gasteiger charge is -2.07. The van der Waals surface area contributed by atoms with E-state index in [0.717, 1.165) is 0 Å². The topological polar surface area (TPSA) is 92.4 Å². The maximum Gasteiger partial charge on any atom is 0.315 e. The number of anilines is 1. The van der Waals surface area contributed by atoms with Crippen molar-refractivity contribution in [2.24, 2.45) is 5.92 Å². The average Bonchev–Trinajstić information content (AvgIpc) is 2.80. The maximum absolute atomic E-state index is 11.7. The van der Waals surface area contributed by atoms with E-state index in [4.69, 9.17) is 9.52 Å². The second-order valence-corrected chi connectivity index (χ2v) is 4.94. The summed E-state index contributed by atoms with van der Waals surface area (Å²) < 4.78 is 5.56. The van der Waals surface area contributed by atoms with Crippen molar-refractivity contribution in [3.63, 3.8) is 0 Å². The number of rotatable bonds is 4. The Morgan fingerprint density at radius 2 is 2.00 bits per heavy atom. The third-order valence-electron chi connectivity index (χ3n) is 2.93. The van der Waals surface area contributed by atoms with Gasteiger partial charge in [-0.25, -0.2) is 4.98 Å². The van der Waals surface area contributed by atoms with E-state index >= 15 is 0 Å². The quantitative estimate of drug-likeness (QED) is 0.837. The zero-order chi connectivity index (χ0) is 14.9. The van der Waals surface area contributed by atoms with Gasteiger partial charge >= 0.3 is 5.97 Å². The third kappa shape index (κ3) is 2.79. The van der Waals surface area contributed by atoms with Crippen LogP contribution in [0.15, 0.2) is 22.6 Å². The first kappa shape index (κ1) is 14.0. The Hall–Kier alpha value is -2.37. The fourth-order valence-corrected chi connectivity index (χ4v) is 1.63. The molecule has 1 amide bonds. The van der Waals surface area contributed by atoms with E-state index in [9.17, 15) is 9.59 Å². The number of nitrogens with zero attached hydrogens (tertiary/aromatic N) is 1. The van der Waals surface area contributed by atoms with Crippen molar-refractivity contribution in [2.45, 2.75) is 26.7 Å². The molecule has 1 unspecified atom stereocenters. The highest BCUT2D eigenvalue weighted by atomic mass is 16.4. The van der Waals surface area contributed by atoms with E-state index in [2.05, 4.69) is 10.3 Å². The number of hydrogen-bond acceptors (Lipinski definition) is 4. The van der Waals surface area contributed by atoms with Gasteiger partial charge in [0.2, 0.25) is 5.91 Å². The highest BCUT2D eigenvalue weighted by molar-refractivity contribution is 6.04. The lowest BCUT2D eigenvalue weighted by molar-refractivity contribution is -0.144. The zero-order valence-corrected chi connectivity index (χ0v) is 11.5. The monoisotopic (exact) mass is 276 g/mol. The first-order chi connectivity index (χ1) is 9.38. The van der Waals surface area contributed by atoms with Crippen LogP contribution in [0.2, 0.25) is 0 Å². The summed E-state index contributed by atoms with van der Waals surface area (Å²) in [4.78, 5) is 26.7. The molecular weight excluding hydrogens is 260 g/mol. The summed E-state index contributed by atoms with van der Waals surface area (Å²) in [5.74, 6) is -2.03. The van der Waals surface area contributed by atoms with Crippen molar-refractivity contribution in [3.8, 4) is 0 Å². The van der Waals surface area contributed by atoms with Gasteiger partial charge in [-0.15, -0.1) is 0 Å². The number of aromatic nitrogens is 1. The lowest BCUT2D eigenvalue weighted by atomic mass is 10.1. The molecule has 106 valence electrons. The van der Waals surface area contributed by atoms with Gasteiger partial charge in [0.05, 0.1) is 0 Å². The molecule has 0 spiro atoms. The van der Waals surface area contributed by atoms with Crippen molar-refractivity contribution >= 4 is 28.7 Å². The Morgan fingerprint density at radius 3 is 2.60 bits per heavy atom. The molecule has 6 heteroatoms. The normalized spacial score (nSPS) is 12.6. The van der Waals surface area contributed by atoms with Gasteiger partial charge in [0.1, 0.15) is 11.4 Å². The standard InChI is InChI=1S/C14H16N2O4/c1-7(2)13-16-10-6-9(4-5-11(10)20-13)15-12(17)8(3)14(18)19/h4-8H,1-3H3,(H,15,17)(H,18,19). The Bertz CT molecular complexity index is 660. The predicted octanol–water partition coefficient (Wildman–Crippen LogP) is 2.61. The molecule has 2 rings (SSSR count). The van der Waals surface area contributed by atoms with Gasteiger partial charge in [-0.2, -0.15) is 0 Å². The van der Waals surface area contributed by atoms with E-state index in [1.165, 1.54) is 6.92 Å². The van der Waals surface area contributed by atoms with Crippen LogP contribution in [0.4, 0.5) is 5.69 Å². The molecule has 2 N–H and O–H groups in total. The summed E-state index contributed by atoms with van der Waals surface area (Å²) in [7, 11) is 0. The van der Waals surface area contributed by atoms with Crippen molar-refractivity contribution in [1.29, 1.82) is 0 Å². The summed E-state index contributed by atoms with van der Waals surface area (Å²) in [6, 6.07) is 5.02. The summed E-state index contributed by atoms with van der Waals surface area (Å²) >= 11 is 0. The summed E-state index contributed by atoms with van der Waals surface area (Å²) in [5, 5.41) is 11.3. The molecule has 20 heavy (non-hydrogen) atoms. The minimum absolute atomic E-state index is 0.174. The van der Waals surface area contributed by atoms with Crippen LogP contribution >= 0.6 is 0 Å². The first-order valence-electron chi connectivity index (χ1n) is 6.32. The molecule has 0 aliphatic heterocycles. The van der Waals surface area contributed by atoms with E-state index in [0.29, 0.717) is 22.7 Å². The van der Waals surface area contributed by atoms with Crippen molar-refractivity contribution in [3.05, 3.63) is 24.1 Å². The average molecular weight is 276 g/mol. The molecule has 1 aromatic carbocycles. The fourth-order valence-electron chi connectivity index (χ4n) is 1.63. The van der Waals surface area contributed by atoms with Gasteiger partial charge in [-0.1, -0.05) is 13.8 Å². The number of aliphatic carboxylic acids is 1. The largest absolute Gasteiger partial charge is 0.481 e. The molecule has 6 nitrogen and oxygen atoms in total. The smallest absolute Gasteiger partial charge is 0.315 e. The molecule has 0 bridgehead atoms. The van der Waals surface area contributed by atoms with Crippen LogP contribution in [0, 0.1) is 5.92 Å². The molecule has 0 aliphatic carbocycles. The number of carbonyl (C=O) groups is 2. The van der Waals surface area contributed by atoms with Gasteiger partial charge in [0.15, 0.2) is 11.5 Å². The van der Waals surface area contributed by atoms with Crippen LogP contribution in [-0.4, -0.2) is 22.0 Å². The number of hydrogen-bond donors (Lipinski definition) is 2. The lowest BCUT2D eigenvalue weighted by Crippen LogP contribution is -2.26. The predicted molar refractivity (Wildman–Crippen MR) is 73.5 cm³/mol. The minimum Gasteiger partial charge on any atom is -0.481 e. The van der Waals surface area contributed by atoms with E-state index in [-0.39, 0.29) is 5.92 Å². The number of carboxylic acid groups (broad SMARTS) is 1. The molecule has 2 aromatic rings. The minimum atomic E-state index is -1.16. The number of carbonyl (C=O) groups excluding carboxylic acids is 1. The fraction of sp³-hybridized carbons (Fsp3) is 0.357. The van der Waals surface area contributed by atoms with Gasteiger partial charge < -0.3 is 14.8 Å². The first-order valence-corrected chi connectivity index (χ1v) is 6.32. The van der Waals surface area contributed by atoms with Gasteiger partial charge in [-0.3, -0.25) is 9.59 Å². The molecular formula is C14H16N2O4. The zero-order valence-electron chi connectivity index (χ0n) is 11.5. The van der Waals surface area contributed by atoms with Crippen molar-refractivity contribution in [2.75, 3.05) is 5.32 Å². The number of oxazole rings is 1. The van der Waals surface area contributed by atoms with E-state index < -0.39 is 17.8 Å². The summed E-state index contributed by atoms with van der Waals surface area (Å²) in [6.07, 6.45) is 0. The Kier molecular flexibility index (Phi) is 3.74. The summed E-state index contributed by atoms with van der Waals surface area (Å²) in [5.41, 5.74) is 1.77. The van der Waals surface area contributed by atoms with Crippen LogP contribution in [0.3, 0.4) is 0 Å². The van der Waals surface area contributed by atoms with Gasteiger partial charge in [0, 0.05) is 11.6 Å². The second-order valence-electron chi connectivity index (χ2n) is 4.94.